The molecule has 2 heterocycles. The van der Waals surface area contributed by atoms with Crippen LogP contribution >= 0.6 is 11.6 Å². The van der Waals surface area contributed by atoms with E-state index in [0.29, 0.717) is 11.0 Å². The Labute approximate surface area is 194 Å². The van der Waals surface area contributed by atoms with Crippen molar-refractivity contribution in [3.05, 3.63) is 112 Å². The monoisotopic (exact) mass is 459 g/mol. The van der Waals surface area contributed by atoms with Crippen LogP contribution in [0, 0.1) is 5.82 Å². The largest absolute Gasteiger partial charge is 0.324 e. The summed E-state index contributed by atoms with van der Waals surface area (Å²) >= 11 is 6.04. The first-order chi connectivity index (χ1) is 16.0. The summed E-state index contributed by atoms with van der Waals surface area (Å²) in [7, 11) is 0. The number of allylic oxidation sites excluding steroid dienone is 1. The van der Waals surface area contributed by atoms with Crippen LogP contribution in [0.3, 0.4) is 0 Å². The van der Waals surface area contributed by atoms with Crippen LogP contribution in [0.1, 0.15) is 22.7 Å². The number of nitrogens with one attached hydrogen (secondary N) is 2. The van der Waals surface area contributed by atoms with Crippen LogP contribution in [0.2, 0.25) is 5.02 Å². The zero-order chi connectivity index (χ0) is 22.8. The molecule has 1 unspecified atom stereocenters. The van der Waals surface area contributed by atoms with Crippen LogP contribution in [-0.2, 0) is 11.2 Å². The van der Waals surface area contributed by atoms with E-state index in [4.69, 9.17) is 11.6 Å². The Bertz CT molecular complexity index is 1320. The van der Waals surface area contributed by atoms with Crippen molar-refractivity contribution in [1.82, 2.24) is 14.8 Å². The maximum Gasteiger partial charge on any atom is 0.250 e. The molecule has 0 fully saturated rings. The molecule has 0 spiro atoms. The number of fused-ring (bicyclic) bond motifs is 1. The second-order valence-electron chi connectivity index (χ2n) is 7.62. The quantitative estimate of drug-likeness (QED) is 0.424. The molecule has 0 saturated heterocycles. The molecule has 164 valence electrons. The van der Waals surface area contributed by atoms with E-state index in [-0.39, 0.29) is 30.1 Å². The maximum atomic E-state index is 13.5. The Morgan fingerprint density at radius 3 is 2.48 bits per heavy atom. The molecule has 1 atom stereocenters. The number of rotatable bonds is 5. The molecule has 6 nitrogen and oxygen atoms in total. The molecule has 0 saturated carbocycles. The molecular weight excluding hydrogens is 441 g/mol. The van der Waals surface area contributed by atoms with E-state index in [9.17, 15) is 9.18 Å². The molecule has 5 rings (SSSR count). The Morgan fingerprint density at radius 2 is 1.76 bits per heavy atom. The van der Waals surface area contributed by atoms with Gasteiger partial charge in [0.25, 0.3) is 5.95 Å². The first kappa shape index (κ1) is 20.9. The Morgan fingerprint density at radius 1 is 1.03 bits per heavy atom. The first-order valence-corrected chi connectivity index (χ1v) is 10.7. The average molecular weight is 460 g/mol. The van der Waals surface area contributed by atoms with E-state index in [1.165, 1.54) is 12.1 Å². The fourth-order valence-electron chi connectivity index (χ4n) is 3.69. The van der Waals surface area contributed by atoms with E-state index >= 15 is 0 Å². The van der Waals surface area contributed by atoms with Gasteiger partial charge in [0.2, 0.25) is 11.9 Å². The third-order valence-electron chi connectivity index (χ3n) is 5.29. The molecule has 0 bridgehead atoms. The SMILES string of the molecule is O=C(Cc1ccccc1)Nc1nc2n(n1)C(c1ccc(F)cc1)C=C(c1ccc(Cl)cc1)N2. The van der Waals surface area contributed by atoms with Gasteiger partial charge in [0.15, 0.2) is 0 Å². The smallest absolute Gasteiger partial charge is 0.250 e. The number of hydrogen-bond acceptors (Lipinski definition) is 4. The molecule has 33 heavy (non-hydrogen) atoms. The highest BCUT2D eigenvalue weighted by atomic mass is 35.5. The number of carbonyl (C=O) groups is 1. The van der Waals surface area contributed by atoms with Crippen molar-refractivity contribution >= 4 is 35.1 Å². The first-order valence-electron chi connectivity index (χ1n) is 10.4. The molecule has 8 heteroatoms. The molecule has 2 N–H and O–H groups in total. The molecule has 1 aromatic heterocycles. The summed E-state index contributed by atoms with van der Waals surface area (Å²) in [6.45, 7) is 0. The van der Waals surface area contributed by atoms with E-state index < -0.39 is 0 Å². The molecule has 1 aliphatic heterocycles. The molecule has 0 aliphatic carbocycles. The van der Waals surface area contributed by atoms with Gasteiger partial charge in [0.05, 0.1) is 6.42 Å². The molecule has 1 aliphatic rings. The van der Waals surface area contributed by atoms with Crippen LogP contribution in [0.25, 0.3) is 5.70 Å². The van der Waals surface area contributed by atoms with Crippen molar-refractivity contribution in [2.75, 3.05) is 10.6 Å². The minimum atomic E-state index is -0.347. The van der Waals surface area contributed by atoms with Crippen molar-refractivity contribution in [3.8, 4) is 0 Å². The maximum absolute atomic E-state index is 13.5. The zero-order valence-corrected chi connectivity index (χ0v) is 18.1. The zero-order valence-electron chi connectivity index (χ0n) is 17.4. The highest BCUT2D eigenvalue weighted by molar-refractivity contribution is 6.30. The van der Waals surface area contributed by atoms with Crippen molar-refractivity contribution in [2.45, 2.75) is 12.5 Å². The lowest BCUT2D eigenvalue weighted by Gasteiger charge is -2.24. The third-order valence-corrected chi connectivity index (χ3v) is 5.54. The van der Waals surface area contributed by atoms with Gasteiger partial charge in [0.1, 0.15) is 11.9 Å². The lowest BCUT2D eigenvalue weighted by atomic mass is 10.0. The summed E-state index contributed by atoms with van der Waals surface area (Å²) in [5, 5.41) is 11.2. The number of halogens is 2. The van der Waals surface area contributed by atoms with Gasteiger partial charge < -0.3 is 5.32 Å². The predicted molar refractivity (Wildman–Crippen MR) is 126 cm³/mol. The van der Waals surface area contributed by atoms with Gasteiger partial charge in [-0.15, -0.1) is 5.10 Å². The molecule has 3 aromatic carbocycles. The summed E-state index contributed by atoms with van der Waals surface area (Å²) in [6, 6.07) is 22.8. The highest BCUT2D eigenvalue weighted by Crippen LogP contribution is 2.33. The summed E-state index contributed by atoms with van der Waals surface area (Å²) in [4.78, 5) is 17.0. The van der Waals surface area contributed by atoms with E-state index in [1.54, 1.807) is 28.9 Å². The number of anilines is 2. The molecular formula is C25H19ClFN5O. The van der Waals surface area contributed by atoms with Crippen LogP contribution in [0.4, 0.5) is 16.3 Å². The van der Waals surface area contributed by atoms with Crippen LogP contribution < -0.4 is 10.6 Å². The van der Waals surface area contributed by atoms with Gasteiger partial charge in [0, 0.05) is 10.7 Å². The lowest BCUT2D eigenvalue weighted by molar-refractivity contribution is -0.115. The lowest BCUT2D eigenvalue weighted by Crippen LogP contribution is -2.20. The Balaban J connectivity index is 1.46. The number of carbonyl (C=O) groups excluding carboxylic acids is 1. The van der Waals surface area contributed by atoms with Crippen molar-refractivity contribution in [2.24, 2.45) is 0 Å². The fraction of sp³-hybridized carbons (Fsp3) is 0.0800. The van der Waals surface area contributed by atoms with Crippen molar-refractivity contribution < 1.29 is 9.18 Å². The van der Waals surface area contributed by atoms with Gasteiger partial charge in [-0.3, -0.25) is 10.1 Å². The van der Waals surface area contributed by atoms with Crippen molar-refractivity contribution in [3.63, 3.8) is 0 Å². The van der Waals surface area contributed by atoms with Crippen LogP contribution in [0.15, 0.2) is 84.9 Å². The third kappa shape index (κ3) is 4.63. The number of aromatic nitrogens is 3. The fourth-order valence-corrected chi connectivity index (χ4v) is 3.82. The van der Waals surface area contributed by atoms with Gasteiger partial charge in [-0.2, -0.15) is 4.98 Å². The van der Waals surface area contributed by atoms with Crippen LogP contribution in [-0.4, -0.2) is 20.7 Å². The van der Waals surface area contributed by atoms with Gasteiger partial charge in [-0.05, 0) is 47.0 Å². The molecule has 0 radical (unpaired) electrons. The Hall–Kier alpha value is -3.97. The average Bonchev–Trinajstić information content (AvgIpc) is 3.22. The minimum Gasteiger partial charge on any atom is -0.324 e. The second kappa shape index (κ2) is 8.88. The molecule has 1 amide bonds. The normalized spacial score (nSPS) is 14.7. The number of amides is 1. The van der Waals surface area contributed by atoms with Gasteiger partial charge in [-0.1, -0.05) is 66.2 Å². The second-order valence-corrected chi connectivity index (χ2v) is 8.06. The summed E-state index contributed by atoms with van der Waals surface area (Å²) < 4.78 is 15.2. The summed E-state index contributed by atoms with van der Waals surface area (Å²) in [5.74, 6) is 0.124. The minimum absolute atomic E-state index is 0.191. The predicted octanol–water partition coefficient (Wildman–Crippen LogP) is 5.31. The van der Waals surface area contributed by atoms with E-state index in [2.05, 4.69) is 20.7 Å². The van der Waals surface area contributed by atoms with E-state index in [0.717, 1.165) is 22.4 Å². The standard InChI is InChI=1S/C25H19ClFN5O/c26-19-10-6-17(7-11-19)21-15-22(18-8-12-20(27)13-9-18)32-25(28-21)30-24(31-32)29-23(33)14-16-4-2-1-3-5-16/h1-13,15,22H,14H2,(H2,28,29,30,31,33). The van der Waals surface area contributed by atoms with Crippen molar-refractivity contribution in [1.29, 1.82) is 0 Å². The number of hydrogen-bond donors (Lipinski definition) is 2. The van der Waals surface area contributed by atoms with Gasteiger partial charge >= 0.3 is 0 Å². The summed E-state index contributed by atoms with van der Waals surface area (Å²) in [6.07, 6.45) is 2.20. The van der Waals surface area contributed by atoms with Gasteiger partial charge in [-0.25, -0.2) is 9.07 Å². The Kier molecular flexibility index (Phi) is 5.62. The number of benzene rings is 3. The topological polar surface area (TPSA) is 71.8 Å². The summed E-state index contributed by atoms with van der Waals surface area (Å²) in [5.41, 5.74) is 3.45. The van der Waals surface area contributed by atoms with Crippen LogP contribution in [0.5, 0.6) is 0 Å². The number of nitrogens with zero attached hydrogens (tertiary/aromatic N) is 3. The van der Waals surface area contributed by atoms with E-state index in [1.807, 2.05) is 48.5 Å². The molecule has 4 aromatic rings. The highest BCUT2D eigenvalue weighted by Gasteiger charge is 2.26.